The number of hydrogen-bond donors (Lipinski definition) is 0. The Morgan fingerprint density at radius 1 is 1.06 bits per heavy atom. The van der Waals surface area contributed by atoms with Crippen LogP contribution in [0.4, 0.5) is 0 Å². The fourth-order valence-electron chi connectivity index (χ4n) is 4.46. The van der Waals surface area contributed by atoms with Gasteiger partial charge in [-0.25, -0.2) is 0 Å². The van der Waals surface area contributed by atoms with Gasteiger partial charge in [-0.1, -0.05) is 12.8 Å². The molecule has 16 heavy (non-hydrogen) atoms. The predicted octanol–water partition coefficient (Wildman–Crippen LogP) is 2.90. The van der Waals surface area contributed by atoms with Crippen molar-refractivity contribution in [2.75, 3.05) is 0 Å². The zero-order valence-corrected chi connectivity index (χ0v) is 10.4. The van der Waals surface area contributed by atoms with E-state index in [1.54, 1.807) is 0 Å². The third kappa shape index (κ3) is 1.26. The van der Waals surface area contributed by atoms with Crippen molar-refractivity contribution in [1.29, 1.82) is 0 Å². The highest BCUT2D eigenvalue weighted by Gasteiger charge is 2.64. The van der Waals surface area contributed by atoms with Gasteiger partial charge in [-0.05, 0) is 51.4 Å². The molecule has 4 fully saturated rings. The smallest absolute Gasteiger partial charge is 0.0923 e. The largest absolute Gasteiger partial charge is 0.366 e. The Kier molecular flexibility index (Phi) is 1.76. The van der Waals surface area contributed by atoms with Gasteiger partial charge in [0.15, 0.2) is 0 Å². The van der Waals surface area contributed by atoms with E-state index >= 15 is 0 Å². The first-order chi connectivity index (χ1) is 7.61. The lowest BCUT2D eigenvalue weighted by Gasteiger charge is -2.23. The van der Waals surface area contributed by atoms with Crippen molar-refractivity contribution in [3.05, 3.63) is 0 Å². The molecule has 90 valence electrons. The van der Waals surface area contributed by atoms with Gasteiger partial charge in [-0.2, -0.15) is 0 Å². The molecular formula is C14H22O2. The Labute approximate surface area is 97.7 Å². The van der Waals surface area contributed by atoms with Crippen molar-refractivity contribution in [3.63, 3.8) is 0 Å². The Morgan fingerprint density at radius 3 is 2.69 bits per heavy atom. The first-order valence-corrected chi connectivity index (χ1v) is 6.96. The zero-order chi connectivity index (χ0) is 11.0. The second-order valence-corrected chi connectivity index (χ2v) is 6.88. The highest BCUT2D eigenvalue weighted by Crippen LogP contribution is 2.59. The summed E-state index contributed by atoms with van der Waals surface area (Å²) in [5, 5.41) is 0. The van der Waals surface area contributed by atoms with Gasteiger partial charge in [0.1, 0.15) is 0 Å². The molecule has 2 aliphatic heterocycles. The lowest BCUT2D eigenvalue weighted by molar-refractivity contribution is 0.151. The average Bonchev–Trinajstić information content (AvgIpc) is 3.02. The van der Waals surface area contributed by atoms with Crippen LogP contribution in [0.2, 0.25) is 0 Å². The Balaban J connectivity index is 1.51. The average molecular weight is 222 g/mol. The maximum Gasteiger partial charge on any atom is 0.0923 e. The predicted molar refractivity (Wildman–Crippen MR) is 61.2 cm³/mol. The minimum atomic E-state index is 0.260. The molecule has 6 atom stereocenters. The van der Waals surface area contributed by atoms with Crippen LogP contribution in [0.15, 0.2) is 0 Å². The molecular weight excluding hydrogens is 200 g/mol. The lowest BCUT2D eigenvalue weighted by atomic mass is 9.81. The highest BCUT2D eigenvalue weighted by molar-refractivity contribution is 5.13. The number of ether oxygens (including phenoxy) is 2. The summed E-state index contributed by atoms with van der Waals surface area (Å²) in [7, 11) is 0. The number of hydrogen-bond acceptors (Lipinski definition) is 2. The minimum absolute atomic E-state index is 0.260. The molecule has 0 aromatic carbocycles. The summed E-state index contributed by atoms with van der Waals surface area (Å²) in [5.74, 6) is 1.72. The van der Waals surface area contributed by atoms with E-state index in [2.05, 4.69) is 13.8 Å². The fourth-order valence-corrected chi connectivity index (χ4v) is 4.46. The number of rotatable bonds is 1. The Morgan fingerprint density at radius 2 is 1.94 bits per heavy atom. The van der Waals surface area contributed by atoms with Crippen molar-refractivity contribution in [2.24, 2.45) is 11.8 Å². The van der Waals surface area contributed by atoms with Crippen LogP contribution in [0, 0.1) is 11.8 Å². The van der Waals surface area contributed by atoms with E-state index in [4.69, 9.17) is 9.47 Å². The van der Waals surface area contributed by atoms with Crippen LogP contribution in [-0.4, -0.2) is 23.4 Å². The summed E-state index contributed by atoms with van der Waals surface area (Å²) in [6, 6.07) is 0. The van der Waals surface area contributed by atoms with Crippen LogP contribution in [0.5, 0.6) is 0 Å². The van der Waals surface area contributed by atoms with Gasteiger partial charge in [0.25, 0.3) is 0 Å². The zero-order valence-electron chi connectivity index (χ0n) is 10.4. The van der Waals surface area contributed by atoms with Gasteiger partial charge in [-0.15, -0.1) is 0 Å². The van der Waals surface area contributed by atoms with E-state index in [1.807, 2.05) is 0 Å². The first kappa shape index (κ1) is 9.90. The second-order valence-electron chi connectivity index (χ2n) is 6.88. The van der Waals surface area contributed by atoms with E-state index in [0.29, 0.717) is 12.2 Å². The van der Waals surface area contributed by atoms with Crippen molar-refractivity contribution >= 4 is 0 Å². The van der Waals surface area contributed by atoms with Crippen LogP contribution >= 0.6 is 0 Å². The maximum absolute atomic E-state index is 6.01. The quantitative estimate of drug-likeness (QED) is 0.637. The van der Waals surface area contributed by atoms with Crippen LogP contribution in [0.3, 0.4) is 0 Å². The topological polar surface area (TPSA) is 25.1 Å². The second kappa shape index (κ2) is 2.84. The SMILES string of the molecule is CC12CC(C3CCCCC4(C)OC34)CC1O2. The molecule has 4 aliphatic rings. The maximum atomic E-state index is 6.01. The summed E-state index contributed by atoms with van der Waals surface area (Å²) >= 11 is 0. The first-order valence-electron chi connectivity index (χ1n) is 6.96. The molecule has 0 N–H and O–H groups in total. The third-order valence-electron chi connectivity index (χ3n) is 5.62. The van der Waals surface area contributed by atoms with Crippen LogP contribution in [0.25, 0.3) is 0 Å². The van der Waals surface area contributed by atoms with Crippen molar-refractivity contribution in [1.82, 2.24) is 0 Å². The van der Waals surface area contributed by atoms with Crippen LogP contribution in [-0.2, 0) is 9.47 Å². The van der Waals surface area contributed by atoms with Crippen LogP contribution in [0.1, 0.15) is 52.4 Å². The van der Waals surface area contributed by atoms with E-state index in [0.717, 1.165) is 11.8 Å². The standard InChI is InChI=1S/C14H22O2/c1-13-6-4-3-5-10(12(13)16-13)9-7-11-14(2,8-9)15-11/h9-12H,3-8H2,1-2H3. The van der Waals surface area contributed by atoms with Crippen molar-refractivity contribution in [3.8, 4) is 0 Å². The normalized spacial score (nSPS) is 63.4. The van der Waals surface area contributed by atoms with E-state index in [1.165, 1.54) is 38.5 Å². The van der Waals surface area contributed by atoms with Gasteiger partial charge in [0.2, 0.25) is 0 Å². The summed E-state index contributed by atoms with van der Waals surface area (Å²) in [5.41, 5.74) is 0.526. The van der Waals surface area contributed by atoms with Gasteiger partial charge >= 0.3 is 0 Å². The molecule has 0 radical (unpaired) electrons. The molecule has 0 bridgehead atoms. The fraction of sp³-hybridized carbons (Fsp3) is 1.00. The van der Waals surface area contributed by atoms with E-state index in [9.17, 15) is 0 Å². The van der Waals surface area contributed by atoms with Crippen molar-refractivity contribution < 1.29 is 9.47 Å². The molecule has 2 saturated heterocycles. The van der Waals surface area contributed by atoms with Gasteiger partial charge in [-0.3, -0.25) is 0 Å². The van der Waals surface area contributed by atoms with E-state index in [-0.39, 0.29) is 11.2 Å². The Bertz CT molecular complexity index is 329. The number of epoxide rings is 2. The van der Waals surface area contributed by atoms with Gasteiger partial charge in [0.05, 0.1) is 23.4 Å². The monoisotopic (exact) mass is 222 g/mol. The summed E-state index contributed by atoms with van der Waals surface area (Å²) in [4.78, 5) is 0. The number of fused-ring (bicyclic) bond motifs is 2. The van der Waals surface area contributed by atoms with Gasteiger partial charge < -0.3 is 9.47 Å². The summed E-state index contributed by atoms with van der Waals surface area (Å²) < 4.78 is 11.7. The molecule has 0 aromatic rings. The molecule has 2 heteroatoms. The van der Waals surface area contributed by atoms with Gasteiger partial charge in [0, 0.05) is 0 Å². The molecule has 6 unspecified atom stereocenters. The third-order valence-corrected chi connectivity index (χ3v) is 5.62. The molecule has 0 aromatic heterocycles. The molecule has 0 spiro atoms. The lowest BCUT2D eigenvalue weighted by Crippen LogP contribution is -2.24. The summed E-state index contributed by atoms with van der Waals surface area (Å²) in [6.45, 7) is 4.62. The minimum Gasteiger partial charge on any atom is -0.366 e. The molecule has 2 heterocycles. The highest BCUT2D eigenvalue weighted by atomic mass is 16.6. The molecule has 2 nitrogen and oxygen atoms in total. The molecule has 4 rings (SSSR count). The molecule has 0 amide bonds. The summed E-state index contributed by atoms with van der Waals surface area (Å²) in [6.07, 6.45) is 9.24. The Hall–Kier alpha value is -0.0800. The van der Waals surface area contributed by atoms with E-state index < -0.39 is 0 Å². The molecule has 2 aliphatic carbocycles. The molecule has 2 saturated carbocycles. The van der Waals surface area contributed by atoms with Crippen LogP contribution < -0.4 is 0 Å². The van der Waals surface area contributed by atoms with Crippen molar-refractivity contribution in [2.45, 2.75) is 75.8 Å².